The molecular formula is C17H14Cl2O. The molecule has 2 aromatic rings. The van der Waals surface area contributed by atoms with Crippen molar-refractivity contribution in [1.29, 1.82) is 0 Å². The van der Waals surface area contributed by atoms with Gasteiger partial charge in [0.05, 0.1) is 0 Å². The number of hydrogen-bond acceptors (Lipinski definition) is 1. The summed E-state index contributed by atoms with van der Waals surface area (Å²) in [6.07, 6.45) is 1.08. The van der Waals surface area contributed by atoms with E-state index in [2.05, 4.69) is 0 Å². The van der Waals surface area contributed by atoms with Gasteiger partial charge in [-0.1, -0.05) is 59.6 Å². The maximum absolute atomic E-state index is 11.9. The standard InChI is InChI=1S/C17H14Cl2O/c18-16-7-3-1-5-12(16)14-9-11(20)10-15(14)13-6-2-4-8-17(13)19/h1-8,14-15H,9-10H2. The molecule has 2 unspecified atom stereocenters. The van der Waals surface area contributed by atoms with Crippen LogP contribution >= 0.6 is 23.2 Å². The fraction of sp³-hybridized carbons (Fsp3) is 0.235. The molecule has 0 spiro atoms. The normalized spacial score (nSPS) is 22.2. The molecule has 0 bridgehead atoms. The number of ketones is 1. The maximum Gasteiger partial charge on any atom is 0.134 e. The Bertz CT molecular complexity index is 595. The first-order valence-corrected chi connectivity index (χ1v) is 7.43. The third-order valence-electron chi connectivity index (χ3n) is 3.99. The smallest absolute Gasteiger partial charge is 0.134 e. The lowest BCUT2D eigenvalue weighted by atomic mass is 9.84. The van der Waals surface area contributed by atoms with Crippen molar-refractivity contribution in [3.63, 3.8) is 0 Å². The largest absolute Gasteiger partial charge is 0.300 e. The van der Waals surface area contributed by atoms with Crippen LogP contribution in [0.1, 0.15) is 35.8 Å². The number of halogens is 2. The topological polar surface area (TPSA) is 17.1 Å². The van der Waals surface area contributed by atoms with Crippen LogP contribution in [-0.4, -0.2) is 5.78 Å². The van der Waals surface area contributed by atoms with Gasteiger partial charge in [0.2, 0.25) is 0 Å². The molecule has 0 aromatic heterocycles. The van der Waals surface area contributed by atoms with Crippen molar-refractivity contribution in [2.45, 2.75) is 24.7 Å². The predicted octanol–water partition coefficient (Wildman–Crippen LogP) is 5.22. The molecule has 2 atom stereocenters. The summed E-state index contributed by atoms with van der Waals surface area (Å²) in [7, 11) is 0. The van der Waals surface area contributed by atoms with Crippen LogP contribution in [0.25, 0.3) is 0 Å². The Morgan fingerprint density at radius 1 is 0.750 bits per heavy atom. The minimum Gasteiger partial charge on any atom is -0.300 e. The molecule has 3 heteroatoms. The molecule has 0 N–H and O–H groups in total. The molecule has 20 heavy (non-hydrogen) atoms. The summed E-state index contributed by atoms with van der Waals surface area (Å²) in [5, 5.41) is 1.45. The van der Waals surface area contributed by atoms with Gasteiger partial charge in [0, 0.05) is 22.9 Å². The molecule has 0 radical (unpaired) electrons. The van der Waals surface area contributed by atoms with Crippen molar-refractivity contribution in [3.05, 3.63) is 69.7 Å². The Morgan fingerprint density at radius 3 is 1.55 bits per heavy atom. The highest BCUT2D eigenvalue weighted by atomic mass is 35.5. The molecule has 1 aliphatic carbocycles. The second-order valence-electron chi connectivity index (χ2n) is 5.20. The first kappa shape index (κ1) is 13.7. The quantitative estimate of drug-likeness (QED) is 0.743. The zero-order valence-corrected chi connectivity index (χ0v) is 12.4. The molecule has 2 aromatic carbocycles. The van der Waals surface area contributed by atoms with Crippen LogP contribution in [0.5, 0.6) is 0 Å². The number of Topliss-reactive ketones (excluding diaryl/α,β-unsaturated/α-hetero) is 1. The van der Waals surface area contributed by atoms with E-state index in [1.54, 1.807) is 0 Å². The van der Waals surface area contributed by atoms with Gasteiger partial charge >= 0.3 is 0 Å². The third-order valence-corrected chi connectivity index (χ3v) is 4.68. The number of carbonyl (C=O) groups excluding carboxylic acids is 1. The predicted molar refractivity (Wildman–Crippen MR) is 82.6 cm³/mol. The van der Waals surface area contributed by atoms with Gasteiger partial charge in [-0.2, -0.15) is 0 Å². The summed E-state index contributed by atoms with van der Waals surface area (Å²) >= 11 is 12.6. The Balaban J connectivity index is 2.04. The minimum atomic E-state index is 0.121. The maximum atomic E-state index is 11.9. The highest BCUT2D eigenvalue weighted by molar-refractivity contribution is 6.32. The molecule has 0 heterocycles. The van der Waals surface area contributed by atoms with Crippen LogP contribution < -0.4 is 0 Å². The fourth-order valence-corrected chi connectivity index (χ4v) is 3.62. The van der Waals surface area contributed by atoms with Crippen LogP contribution in [0.4, 0.5) is 0 Å². The van der Waals surface area contributed by atoms with Crippen LogP contribution in [0, 0.1) is 0 Å². The van der Waals surface area contributed by atoms with Gasteiger partial charge < -0.3 is 0 Å². The Labute approximate surface area is 128 Å². The van der Waals surface area contributed by atoms with Crippen LogP contribution in [-0.2, 0) is 4.79 Å². The van der Waals surface area contributed by atoms with Crippen LogP contribution in [0.15, 0.2) is 48.5 Å². The van der Waals surface area contributed by atoms with E-state index in [-0.39, 0.29) is 17.6 Å². The summed E-state index contributed by atoms with van der Waals surface area (Å²) in [6.45, 7) is 0. The van der Waals surface area contributed by atoms with Crippen molar-refractivity contribution in [3.8, 4) is 0 Å². The molecule has 1 nitrogen and oxygen atoms in total. The van der Waals surface area contributed by atoms with Gasteiger partial charge in [-0.05, 0) is 35.1 Å². The monoisotopic (exact) mass is 304 g/mol. The Kier molecular flexibility index (Phi) is 3.82. The molecule has 1 saturated carbocycles. The first-order chi connectivity index (χ1) is 9.66. The van der Waals surface area contributed by atoms with E-state index in [0.29, 0.717) is 12.8 Å². The van der Waals surface area contributed by atoms with E-state index in [1.165, 1.54) is 0 Å². The van der Waals surface area contributed by atoms with Crippen molar-refractivity contribution in [2.75, 3.05) is 0 Å². The summed E-state index contributed by atoms with van der Waals surface area (Å²) in [5.41, 5.74) is 2.09. The van der Waals surface area contributed by atoms with Gasteiger partial charge in [-0.25, -0.2) is 0 Å². The van der Waals surface area contributed by atoms with E-state index in [1.807, 2.05) is 48.5 Å². The van der Waals surface area contributed by atoms with E-state index in [0.717, 1.165) is 21.2 Å². The third kappa shape index (κ3) is 2.48. The van der Waals surface area contributed by atoms with Crippen molar-refractivity contribution >= 4 is 29.0 Å². The Morgan fingerprint density at radius 2 is 1.15 bits per heavy atom. The zero-order valence-electron chi connectivity index (χ0n) is 10.9. The number of hydrogen-bond donors (Lipinski definition) is 0. The lowest BCUT2D eigenvalue weighted by Gasteiger charge is -2.21. The molecule has 1 fully saturated rings. The molecule has 102 valence electrons. The summed E-state index contributed by atoms with van der Waals surface area (Å²) in [6, 6.07) is 15.5. The molecule has 1 aliphatic rings. The summed E-state index contributed by atoms with van der Waals surface area (Å²) in [4.78, 5) is 11.9. The lowest BCUT2D eigenvalue weighted by molar-refractivity contribution is -0.117. The highest BCUT2D eigenvalue weighted by Crippen LogP contribution is 2.47. The number of carbonyl (C=O) groups is 1. The van der Waals surface area contributed by atoms with Crippen LogP contribution in [0.3, 0.4) is 0 Å². The molecule has 0 aliphatic heterocycles. The highest BCUT2D eigenvalue weighted by Gasteiger charge is 2.36. The summed E-state index contributed by atoms with van der Waals surface area (Å²) < 4.78 is 0. The molecule has 0 amide bonds. The molecule has 0 saturated heterocycles. The average Bonchev–Trinajstić information content (AvgIpc) is 2.81. The molecular weight excluding hydrogens is 291 g/mol. The van der Waals surface area contributed by atoms with E-state index in [9.17, 15) is 4.79 Å². The second kappa shape index (κ2) is 5.59. The van der Waals surface area contributed by atoms with Gasteiger partial charge in [0.25, 0.3) is 0 Å². The van der Waals surface area contributed by atoms with E-state index in [4.69, 9.17) is 23.2 Å². The molecule has 3 rings (SSSR count). The van der Waals surface area contributed by atoms with Gasteiger partial charge in [0.15, 0.2) is 0 Å². The van der Waals surface area contributed by atoms with Crippen molar-refractivity contribution in [1.82, 2.24) is 0 Å². The Hall–Kier alpha value is -1.31. The summed E-state index contributed by atoms with van der Waals surface area (Å²) in [5.74, 6) is 0.520. The van der Waals surface area contributed by atoms with Gasteiger partial charge in [-0.3, -0.25) is 4.79 Å². The van der Waals surface area contributed by atoms with Crippen LogP contribution in [0.2, 0.25) is 10.0 Å². The van der Waals surface area contributed by atoms with Gasteiger partial charge in [0.1, 0.15) is 5.78 Å². The number of benzene rings is 2. The fourth-order valence-electron chi connectivity index (χ4n) is 3.06. The minimum absolute atomic E-state index is 0.121. The van der Waals surface area contributed by atoms with Crippen molar-refractivity contribution in [2.24, 2.45) is 0 Å². The zero-order chi connectivity index (χ0) is 14.1. The average molecular weight is 305 g/mol. The van der Waals surface area contributed by atoms with Crippen molar-refractivity contribution < 1.29 is 4.79 Å². The SMILES string of the molecule is O=C1CC(c2ccccc2Cl)C(c2ccccc2Cl)C1. The first-order valence-electron chi connectivity index (χ1n) is 6.67. The second-order valence-corrected chi connectivity index (χ2v) is 6.02. The van der Waals surface area contributed by atoms with Gasteiger partial charge in [-0.15, -0.1) is 0 Å². The van der Waals surface area contributed by atoms with E-state index >= 15 is 0 Å². The lowest BCUT2D eigenvalue weighted by Crippen LogP contribution is -2.06. The number of rotatable bonds is 2. The van der Waals surface area contributed by atoms with E-state index < -0.39 is 0 Å².